The first-order valence-electron chi connectivity index (χ1n) is 7.67. The number of hydrogen-bond donors (Lipinski definition) is 0. The third-order valence-electron chi connectivity index (χ3n) is 3.86. The van der Waals surface area contributed by atoms with Crippen LogP contribution in [0.3, 0.4) is 0 Å². The van der Waals surface area contributed by atoms with Crippen LogP contribution in [0.5, 0.6) is 5.75 Å². The fraction of sp³-hybridized carbons (Fsp3) is 0.529. The summed E-state index contributed by atoms with van der Waals surface area (Å²) in [5.41, 5.74) is 1.24. The quantitative estimate of drug-likeness (QED) is 0.865. The molecule has 1 aromatic heterocycles. The van der Waals surface area contributed by atoms with Crippen molar-refractivity contribution in [2.24, 2.45) is 0 Å². The van der Waals surface area contributed by atoms with Crippen LogP contribution in [0.25, 0.3) is 10.9 Å². The third kappa shape index (κ3) is 3.39. The van der Waals surface area contributed by atoms with Crippen LogP contribution in [0.2, 0.25) is 0 Å². The maximum absolute atomic E-state index is 5.86. The van der Waals surface area contributed by atoms with Crippen LogP contribution in [-0.4, -0.2) is 48.4 Å². The molecule has 4 heteroatoms. The molecule has 1 saturated heterocycles. The van der Waals surface area contributed by atoms with Gasteiger partial charge in [0.15, 0.2) is 0 Å². The molecule has 1 aromatic carbocycles. The highest BCUT2D eigenvalue weighted by Crippen LogP contribution is 2.23. The highest BCUT2D eigenvalue weighted by atomic mass is 16.5. The largest absolute Gasteiger partial charge is 0.491 e. The summed E-state index contributed by atoms with van der Waals surface area (Å²) in [5, 5.41) is 1.22. The van der Waals surface area contributed by atoms with E-state index in [1.165, 1.54) is 10.9 Å². The summed E-state index contributed by atoms with van der Waals surface area (Å²) in [5.74, 6) is 0.934. The van der Waals surface area contributed by atoms with Crippen LogP contribution in [0.15, 0.2) is 30.5 Å². The molecule has 3 rings (SSSR count). The molecular weight excluding hydrogens is 264 g/mol. The number of likely N-dealkylation sites (N-methyl/N-ethyl adjacent to an activating group) is 1. The Bertz CT molecular complexity index is 606. The summed E-state index contributed by atoms with van der Waals surface area (Å²) in [6.07, 6.45) is 2.61. The monoisotopic (exact) mass is 288 g/mol. The predicted octanol–water partition coefficient (Wildman–Crippen LogP) is 2.76. The molecule has 1 atom stereocenters. The Morgan fingerprint density at radius 1 is 1.33 bits per heavy atom. The number of nitrogens with zero attached hydrogens (tertiary/aromatic N) is 2. The molecule has 0 bridgehead atoms. The number of ether oxygens (including phenoxy) is 2. The Morgan fingerprint density at radius 3 is 2.95 bits per heavy atom. The molecule has 0 radical (unpaired) electrons. The summed E-state index contributed by atoms with van der Waals surface area (Å²) in [6.45, 7) is 7.84. The van der Waals surface area contributed by atoms with Gasteiger partial charge < -0.3 is 18.9 Å². The number of fused-ring (bicyclic) bond motifs is 1. The fourth-order valence-electron chi connectivity index (χ4n) is 2.88. The van der Waals surface area contributed by atoms with Crippen molar-refractivity contribution < 1.29 is 9.47 Å². The van der Waals surface area contributed by atoms with Gasteiger partial charge in [-0.25, -0.2) is 0 Å². The van der Waals surface area contributed by atoms with Crippen molar-refractivity contribution >= 4 is 10.9 Å². The van der Waals surface area contributed by atoms with E-state index in [-0.39, 0.29) is 12.2 Å². The van der Waals surface area contributed by atoms with E-state index < -0.39 is 0 Å². The molecule has 0 N–H and O–H groups in total. The molecule has 1 aliphatic heterocycles. The normalized spacial score (nSPS) is 20.3. The highest BCUT2D eigenvalue weighted by Gasteiger charge is 2.18. The Morgan fingerprint density at radius 2 is 2.19 bits per heavy atom. The van der Waals surface area contributed by atoms with Crippen molar-refractivity contribution in [2.75, 3.05) is 26.7 Å². The first-order valence-corrected chi connectivity index (χ1v) is 7.67. The van der Waals surface area contributed by atoms with Gasteiger partial charge in [-0.05, 0) is 45.2 Å². The molecule has 2 aromatic rings. The molecule has 0 amide bonds. The first-order chi connectivity index (χ1) is 10.1. The lowest BCUT2D eigenvalue weighted by Gasteiger charge is -2.30. The van der Waals surface area contributed by atoms with Gasteiger partial charge in [-0.15, -0.1) is 0 Å². The van der Waals surface area contributed by atoms with E-state index in [0.717, 1.165) is 32.0 Å². The van der Waals surface area contributed by atoms with Crippen LogP contribution in [0, 0.1) is 0 Å². The van der Waals surface area contributed by atoms with E-state index in [1.807, 2.05) is 19.9 Å². The van der Waals surface area contributed by atoms with Gasteiger partial charge in [0.05, 0.1) is 25.4 Å². The van der Waals surface area contributed by atoms with Crippen LogP contribution in [-0.2, 0) is 11.3 Å². The fourth-order valence-corrected chi connectivity index (χ4v) is 2.88. The first kappa shape index (κ1) is 14.4. The number of aromatic nitrogens is 1. The highest BCUT2D eigenvalue weighted by molar-refractivity contribution is 5.81. The van der Waals surface area contributed by atoms with Gasteiger partial charge in [0, 0.05) is 30.2 Å². The molecular formula is C17H24N2O2. The number of morpholine rings is 1. The zero-order valence-corrected chi connectivity index (χ0v) is 13.1. The van der Waals surface area contributed by atoms with Crippen LogP contribution < -0.4 is 4.74 Å². The van der Waals surface area contributed by atoms with Crippen molar-refractivity contribution in [1.29, 1.82) is 0 Å². The summed E-state index contributed by atoms with van der Waals surface area (Å²) >= 11 is 0. The topological polar surface area (TPSA) is 26.6 Å². The van der Waals surface area contributed by atoms with Gasteiger partial charge in [0.2, 0.25) is 0 Å². The Kier molecular flexibility index (Phi) is 4.17. The zero-order chi connectivity index (χ0) is 14.8. The van der Waals surface area contributed by atoms with Gasteiger partial charge in [0.25, 0.3) is 0 Å². The van der Waals surface area contributed by atoms with Crippen molar-refractivity contribution in [3.63, 3.8) is 0 Å². The minimum Gasteiger partial charge on any atom is -0.491 e. The molecule has 1 aliphatic rings. The number of benzene rings is 1. The molecule has 114 valence electrons. The Labute approximate surface area is 126 Å². The molecule has 4 nitrogen and oxygen atoms in total. The Balaban J connectivity index is 1.77. The zero-order valence-electron chi connectivity index (χ0n) is 13.1. The maximum atomic E-state index is 5.86. The van der Waals surface area contributed by atoms with E-state index in [0.29, 0.717) is 0 Å². The van der Waals surface area contributed by atoms with Crippen LogP contribution in [0.1, 0.15) is 13.8 Å². The van der Waals surface area contributed by atoms with Gasteiger partial charge in [-0.3, -0.25) is 0 Å². The molecule has 0 aliphatic carbocycles. The lowest BCUT2D eigenvalue weighted by atomic mass is 10.2. The maximum Gasteiger partial charge on any atom is 0.120 e. The van der Waals surface area contributed by atoms with E-state index in [9.17, 15) is 0 Å². The molecule has 0 saturated carbocycles. The summed E-state index contributed by atoms with van der Waals surface area (Å²) < 4.78 is 13.9. The number of hydrogen-bond acceptors (Lipinski definition) is 3. The molecule has 1 unspecified atom stereocenters. The lowest BCUT2D eigenvalue weighted by molar-refractivity contribution is -0.0269. The van der Waals surface area contributed by atoms with Gasteiger partial charge in [0.1, 0.15) is 5.75 Å². The lowest BCUT2D eigenvalue weighted by Crippen LogP contribution is -2.41. The molecule has 2 heterocycles. The standard InChI is InChI=1S/C17H24N2O2/c1-13(2)21-15-4-5-17-14(10-15)6-7-19(17)12-16-11-18(3)8-9-20-16/h4-7,10,13,16H,8-9,11-12H2,1-3H3. The van der Waals surface area contributed by atoms with E-state index >= 15 is 0 Å². The smallest absolute Gasteiger partial charge is 0.120 e. The molecule has 1 fully saturated rings. The average Bonchev–Trinajstić information content (AvgIpc) is 2.81. The van der Waals surface area contributed by atoms with E-state index in [2.05, 4.69) is 40.9 Å². The Hall–Kier alpha value is -1.52. The molecule has 21 heavy (non-hydrogen) atoms. The predicted molar refractivity (Wildman–Crippen MR) is 84.9 cm³/mol. The van der Waals surface area contributed by atoms with Gasteiger partial charge >= 0.3 is 0 Å². The van der Waals surface area contributed by atoms with Crippen LogP contribution in [0.4, 0.5) is 0 Å². The van der Waals surface area contributed by atoms with E-state index in [1.54, 1.807) is 0 Å². The second kappa shape index (κ2) is 6.08. The second-order valence-corrected chi connectivity index (χ2v) is 6.11. The summed E-state index contributed by atoms with van der Waals surface area (Å²) in [7, 11) is 2.15. The minimum atomic E-state index is 0.204. The second-order valence-electron chi connectivity index (χ2n) is 6.11. The van der Waals surface area contributed by atoms with Crippen molar-refractivity contribution in [3.8, 4) is 5.75 Å². The summed E-state index contributed by atoms with van der Waals surface area (Å²) in [6, 6.07) is 8.45. The van der Waals surface area contributed by atoms with Crippen molar-refractivity contribution in [2.45, 2.75) is 32.6 Å². The van der Waals surface area contributed by atoms with Gasteiger partial charge in [-0.1, -0.05) is 0 Å². The molecule has 0 spiro atoms. The van der Waals surface area contributed by atoms with Crippen molar-refractivity contribution in [1.82, 2.24) is 9.47 Å². The summed E-state index contributed by atoms with van der Waals surface area (Å²) in [4.78, 5) is 2.33. The average molecular weight is 288 g/mol. The van der Waals surface area contributed by atoms with Crippen molar-refractivity contribution in [3.05, 3.63) is 30.5 Å². The third-order valence-corrected chi connectivity index (χ3v) is 3.86. The SMILES string of the molecule is CC(C)Oc1ccc2c(ccn2CC2CN(C)CCO2)c1. The van der Waals surface area contributed by atoms with Gasteiger partial charge in [-0.2, -0.15) is 0 Å². The van der Waals surface area contributed by atoms with E-state index in [4.69, 9.17) is 9.47 Å². The van der Waals surface area contributed by atoms with Crippen LogP contribution >= 0.6 is 0 Å². The number of rotatable bonds is 4. The minimum absolute atomic E-state index is 0.204.